The number of anilines is 1. The minimum atomic E-state index is -3.74. The molecule has 0 saturated heterocycles. The monoisotopic (exact) mass is 449 g/mol. The molecule has 0 unspecified atom stereocenters. The maximum atomic E-state index is 12.6. The molecule has 3 rings (SSSR count). The second-order valence-electron chi connectivity index (χ2n) is 6.02. The largest absolute Gasteiger partial charge is 0.494 e. The molecule has 6 nitrogen and oxygen atoms in total. The molecule has 0 radical (unpaired) electrons. The molecule has 142 valence electrons. The Morgan fingerprint density at radius 2 is 1.78 bits per heavy atom. The van der Waals surface area contributed by atoms with E-state index in [-0.39, 0.29) is 10.7 Å². The van der Waals surface area contributed by atoms with Crippen LogP contribution in [0.25, 0.3) is 0 Å². The number of hydrogen-bond donors (Lipinski definition) is 1. The number of benzene rings is 2. The second kappa shape index (κ2) is 8.14. The van der Waals surface area contributed by atoms with Crippen molar-refractivity contribution in [1.82, 2.24) is 9.78 Å². The number of aryl methyl sites for hydroxylation is 1. The fourth-order valence-corrected chi connectivity index (χ4v) is 4.06. The van der Waals surface area contributed by atoms with Gasteiger partial charge in [-0.3, -0.25) is 9.40 Å². The molecule has 1 N–H and O–H groups in total. The normalized spacial score (nSPS) is 11.4. The van der Waals surface area contributed by atoms with E-state index in [4.69, 9.17) is 4.74 Å². The highest BCUT2D eigenvalue weighted by molar-refractivity contribution is 9.10. The number of halogens is 1. The van der Waals surface area contributed by atoms with Crippen molar-refractivity contribution in [3.63, 3.8) is 0 Å². The summed E-state index contributed by atoms with van der Waals surface area (Å²) in [5.74, 6) is 0.871. The molecule has 0 spiro atoms. The Morgan fingerprint density at radius 3 is 2.41 bits per heavy atom. The van der Waals surface area contributed by atoms with Gasteiger partial charge in [-0.05, 0) is 59.6 Å². The lowest BCUT2D eigenvalue weighted by molar-refractivity contribution is 0.340. The summed E-state index contributed by atoms with van der Waals surface area (Å²) in [5.41, 5.74) is 2.26. The Labute approximate surface area is 167 Å². The molecule has 1 heterocycles. The van der Waals surface area contributed by atoms with Crippen LogP contribution in [0.2, 0.25) is 0 Å². The van der Waals surface area contributed by atoms with Gasteiger partial charge in [0, 0.05) is 6.20 Å². The van der Waals surface area contributed by atoms with Crippen molar-refractivity contribution in [1.29, 1.82) is 0 Å². The van der Waals surface area contributed by atoms with Crippen molar-refractivity contribution in [3.8, 4) is 5.75 Å². The summed E-state index contributed by atoms with van der Waals surface area (Å²) in [4.78, 5) is 0.144. The van der Waals surface area contributed by atoms with Crippen LogP contribution < -0.4 is 9.46 Å². The van der Waals surface area contributed by atoms with Crippen LogP contribution in [0.1, 0.15) is 18.1 Å². The molecule has 1 aromatic heterocycles. The lowest BCUT2D eigenvalue weighted by Crippen LogP contribution is -2.14. The summed E-state index contributed by atoms with van der Waals surface area (Å²) < 4.78 is 35.3. The first kappa shape index (κ1) is 19.4. The van der Waals surface area contributed by atoms with Crippen LogP contribution in [0.15, 0.2) is 64.1 Å². The lowest BCUT2D eigenvalue weighted by atomic mass is 10.1. The standard InChI is InChI=1S/C19H20BrN3O3S/c1-3-26-16-8-10-17(11-9-16)27(24,25)22-19-18(20)13-23(21-19)12-15-6-4-14(2)5-7-15/h4-11,13H,3,12H2,1-2H3,(H,21,22). The average Bonchev–Trinajstić information content (AvgIpc) is 2.96. The van der Waals surface area contributed by atoms with E-state index in [2.05, 4.69) is 25.8 Å². The van der Waals surface area contributed by atoms with E-state index in [0.717, 1.165) is 5.56 Å². The Balaban J connectivity index is 1.76. The molecule has 0 aliphatic heterocycles. The van der Waals surface area contributed by atoms with E-state index in [9.17, 15) is 8.42 Å². The molecular formula is C19H20BrN3O3S. The van der Waals surface area contributed by atoms with Crippen LogP contribution in [-0.4, -0.2) is 24.8 Å². The third-order valence-corrected chi connectivity index (χ3v) is 5.79. The SMILES string of the molecule is CCOc1ccc(S(=O)(=O)Nc2nn(Cc3ccc(C)cc3)cc2Br)cc1. The fraction of sp³-hybridized carbons (Fsp3) is 0.211. The van der Waals surface area contributed by atoms with Crippen LogP contribution in [0.5, 0.6) is 5.75 Å². The highest BCUT2D eigenvalue weighted by atomic mass is 79.9. The Bertz CT molecular complexity index is 1010. The average molecular weight is 450 g/mol. The molecule has 8 heteroatoms. The van der Waals surface area contributed by atoms with Crippen LogP contribution in [-0.2, 0) is 16.6 Å². The first-order valence-electron chi connectivity index (χ1n) is 8.41. The number of sulfonamides is 1. The Kier molecular flexibility index (Phi) is 5.86. The molecule has 0 atom stereocenters. The Hall–Kier alpha value is -2.32. The van der Waals surface area contributed by atoms with E-state index in [1.54, 1.807) is 23.0 Å². The minimum absolute atomic E-state index is 0.144. The highest BCUT2D eigenvalue weighted by Gasteiger charge is 2.18. The Morgan fingerprint density at radius 1 is 1.11 bits per heavy atom. The van der Waals surface area contributed by atoms with Crippen molar-refractivity contribution in [2.24, 2.45) is 0 Å². The van der Waals surface area contributed by atoms with Gasteiger partial charge in [-0.15, -0.1) is 0 Å². The van der Waals surface area contributed by atoms with Crippen molar-refractivity contribution in [2.75, 3.05) is 11.3 Å². The smallest absolute Gasteiger partial charge is 0.263 e. The molecule has 0 aliphatic carbocycles. The van der Waals surface area contributed by atoms with E-state index in [1.807, 2.05) is 38.1 Å². The van der Waals surface area contributed by atoms with E-state index in [0.29, 0.717) is 23.4 Å². The van der Waals surface area contributed by atoms with Gasteiger partial charge in [0.1, 0.15) is 5.75 Å². The highest BCUT2D eigenvalue weighted by Crippen LogP contribution is 2.25. The van der Waals surface area contributed by atoms with Gasteiger partial charge in [-0.2, -0.15) is 5.10 Å². The van der Waals surface area contributed by atoms with E-state index < -0.39 is 10.0 Å². The van der Waals surface area contributed by atoms with Gasteiger partial charge in [0.15, 0.2) is 5.82 Å². The van der Waals surface area contributed by atoms with Gasteiger partial charge < -0.3 is 4.74 Å². The van der Waals surface area contributed by atoms with Crippen LogP contribution in [0, 0.1) is 6.92 Å². The van der Waals surface area contributed by atoms with E-state index in [1.165, 1.54) is 17.7 Å². The molecule has 3 aromatic rings. The molecule has 0 amide bonds. The molecule has 0 fully saturated rings. The van der Waals surface area contributed by atoms with Gasteiger partial charge in [0.05, 0.1) is 22.5 Å². The third kappa shape index (κ3) is 4.90. The van der Waals surface area contributed by atoms with Gasteiger partial charge in [-0.25, -0.2) is 8.42 Å². The summed E-state index contributed by atoms with van der Waals surface area (Å²) in [6, 6.07) is 14.4. The first-order valence-corrected chi connectivity index (χ1v) is 10.7. The quantitative estimate of drug-likeness (QED) is 0.586. The summed E-state index contributed by atoms with van der Waals surface area (Å²) >= 11 is 3.37. The van der Waals surface area contributed by atoms with Crippen LogP contribution >= 0.6 is 15.9 Å². The number of hydrogen-bond acceptors (Lipinski definition) is 4. The number of nitrogens with zero attached hydrogens (tertiary/aromatic N) is 2. The van der Waals surface area contributed by atoms with Crippen molar-refractivity contribution in [3.05, 3.63) is 70.3 Å². The maximum Gasteiger partial charge on any atom is 0.263 e. The zero-order valence-corrected chi connectivity index (χ0v) is 17.4. The molecule has 0 aliphatic rings. The number of ether oxygens (including phenoxy) is 1. The number of aromatic nitrogens is 2. The summed E-state index contributed by atoms with van der Waals surface area (Å²) in [6.45, 7) is 4.97. The van der Waals surface area contributed by atoms with Gasteiger partial charge in [-0.1, -0.05) is 29.8 Å². The van der Waals surface area contributed by atoms with Crippen molar-refractivity contribution < 1.29 is 13.2 Å². The number of nitrogens with one attached hydrogen (secondary N) is 1. The van der Waals surface area contributed by atoms with Crippen molar-refractivity contribution in [2.45, 2.75) is 25.3 Å². The zero-order chi connectivity index (χ0) is 19.4. The topological polar surface area (TPSA) is 73.2 Å². The van der Waals surface area contributed by atoms with Gasteiger partial charge in [0.2, 0.25) is 0 Å². The molecule has 0 saturated carbocycles. The minimum Gasteiger partial charge on any atom is -0.494 e. The van der Waals surface area contributed by atoms with Crippen LogP contribution in [0.3, 0.4) is 0 Å². The lowest BCUT2D eigenvalue weighted by Gasteiger charge is -2.08. The van der Waals surface area contributed by atoms with Crippen LogP contribution in [0.4, 0.5) is 5.82 Å². The zero-order valence-electron chi connectivity index (χ0n) is 15.0. The molecule has 0 bridgehead atoms. The second-order valence-corrected chi connectivity index (χ2v) is 8.56. The van der Waals surface area contributed by atoms with Gasteiger partial charge >= 0.3 is 0 Å². The first-order chi connectivity index (χ1) is 12.9. The predicted octanol–water partition coefficient (Wildman–Crippen LogP) is 4.20. The fourth-order valence-electron chi connectivity index (χ4n) is 2.50. The van der Waals surface area contributed by atoms with Gasteiger partial charge in [0.25, 0.3) is 10.0 Å². The van der Waals surface area contributed by atoms with Crippen molar-refractivity contribution >= 4 is 31.8 Å². The third-order valence-electron chi connectivity index (χ3n) is 3.86. The predicted molar refractivity (Wildman–Crippen MR) is 109 cm³/mol. The van der Waals surface area contributed by atoms with E-state index >= 15 is 0 Å². The maximum absolute atomic E-state index is 12.6. The summed E-state index contributed by atoms with van der Waals surface area (Å²) in [5, 5.41) is 4.34. The molecular weight excluding hydrogens is 430 g/mol. The summed E-state index contributed by atoms with van der Waals surface area (Å²) in [6.07, 6.45) is 1.75. The molecule has 27 heavy (non-hydrogen) atoms. The molecule has 2 aromatic carbocycles. The summed E-state index contributed by atoms with van der Waals surface area (Å²) in [7, 11) is -3.74. The number of rotatable bonds is 7.